The molecule has 7 heteroatoms. The van der Waals surface area contributed by atoms with Crippen molar-refractivity contribution in [1.82, 2.24) is 0 Å². The third-order valence-corrected chi connectivity index (χ3v) is 8.68. The van der Waals surface area contributed by atoms with E-state index in [0.29, 0.717) is 49.8 Å². The number of carbonyl (C=O) groups excluding carboxylic acids is 1. The summed E-state index contributed by atoms with van der Waals surface area (Å²) >= 11 is 0. The Balaban J connectivity index is 1.30. The van der Waals surface area contributed by atoms with E-state index in [4.69, 9.17) is 9.47 Å². The van der Waals surface area contributed by atoms with E-state index in [9.17, 15) is 14.3 Å². The minimum Gasteiger partial charge on any atom is -0.490 e. The van der Waals surface area contributed by atoms with Gasteiger partial charge in [-0.05, 0) is 105 Å². The van der Waals surface area contributed by atoms with E-state index >= 15 is 8.78 Å². The van der Waals surface area contributed by atoms with E-state index in [1.54, 1.807) is 18.2 Å². The van der Waals surface area contributed by atoms with E-state index in [-0.39, 0.29) is 41.3 Å². The minimum atomic E-state index is -0.775. The van der Waals surface area contributed by atoms with Gasteiger partial charge in [0.25, 0.3) is 0 Å². The van der Waals surface area contributed by atoms with Gasteiger partial charge in [-0.1, -0.05) is 31.6 Å². The van der Waals surface area contributed by atoms with Gasteiger partial charge in [0.1, 0.15) is 5.75 Å². The van der Waals surface area contributed by atoms with Crippen LogP contribution in [0.2, 0.25) is 0 Å². The summed E-state index contributed by atoms with van der Waals surface area (Å²) in [5, 5.41) is 10.3. The van der Waals surface area contributed by atoms with Crippen LogP contribution in [0.1, 0.15) is 101 Å². The smallest absolute Gasteiger partial charge is 0.314 e. The topological polar surface area (TPSA) is 55.8 Å². The maximum absolute atomic E-state index is 15.3. The van der Waals surface area contributed by atoms with Crippen molar-refractivity contribution < 1.29 is 32.5 Å². The fourth-order valence-corrected chi connectivity index (χ4v) is 6.31. The monoisotopic (exact) mass is 558 g/mol. The molecular weight excluding hydrogens is 517 g/mol. The molecule has 0 heterocycles. The first-order valence-electron chi connectivity index (χ1n) is 14.7. The van der Waals surface area contributed by atoms with Crippen LogP contribution >= 0.6 is 0 Å². The van der Waals surface area contributed by atoms with Gasteiger partial charge < -0.3 is 14.6 Å². The zero-order chi connectivity index (χ0) is 28.6. The number of rotatable bonds is 11. The fraction of sp³-hybridized carbons (Fsp3) is 0.545. The van der Waals surface area contributed by atoms with E-state index in [1.165, 1.54) is 12.1 Å². The molecule has 2 aliphatic rings. The molecular formula is C33H41F3O4. The number of hydrogen-bond acceptors (Lipinski definition) is 4. The Morgan fingerprint density at radius 2 is 1.57 bits per heavy atom. The lowest BCUT2D eigenvalue weighted by Crippen LogP contribution is -2.26. The van der Waals surface area contributed by atoms with Gasteiger partial charge in [-0.3, -0.25) is 4.79 Å². The Bertz CT molecular complexity index is 1150. The first kappa shape index (κ1) is 30.2. The van der Waals surface area contributed by atoms with Crippen LogP contribution in [-0.2, 0) is 4.79 Å². The lowest BCUT2D eigenvalue weighted by molar-refractivity contribution is -0.140. The predicted octanol–water partition coefficient (Wildman–Crippen LogP) is 8.37. The average molecular weight is 559 g/mol. The van der Waals surface area contributed by atoms with Crippen molar-refractivity contribution in [2.45, 2.75) is 95.5 Å². The van der Waals surface area contributed by atoms with Crippen LogP contribution in [0, 0.1) is 29.3 Å². The molecule has 0 amide bonds. The summed E-state index contributed by atoms with van der Waals surface area (Å²) < 4.78 is 55.5. The van der Waals surface area contributed by atoms with Crippen LogP contribution in [0.3, 0.4) is 0 Å². The van der Waals surface area contributed by atoms with Gasteiger partial charge >= 0.3 is 5.97 Å². The maximum Gasteiger partial charge on any atom is 0.314 e. The summed E-state index contributed by atoms with van der Waals surface area (Å²) in [6.45, 7) is 5.95. The van der Waals surface area contributed by atoms with Crippen molar-refractivity contribution in [3.63, 3.8) is 0 Å². The van der Waals surface area contributed by atoms with Crippen LogP contribution in [-0.4, -0.2) is 23.8 Å². The van der Waals surface area contributed by atoms with Crippen LogP contribution < -0.4 is 9.47 Å². The summed E-state index contributed by atoms with van der Waals surface area (Å²) in [6.07, 6.45) is 8.90. The van der Waals surface area contributed by atoms with Gasteiger partial charge in [-0.15, -0.1) is 6.58 Å². The summed E-state index contributed by atoms with van der Waals surface area (Å²) in [7, 11) is 0. The van der Waals surface area contributed by atoms with Crippen LogP contribution in [0.5, 0.6) is 11.5 Å². The molecule has 0 aromatic heterocycles. The summed E-state index contributed by atoms with van der Waals surface area (Å²) in [5.74, 6) is -2.73. The molecule has 1 N–H and O–H groups in total. The van der Waals surface area contributed by atoms with Gasteiger partial charge in [-0.2, -0.15) is 0 Å². The number of aliphatic hydroxyl groups is 1. The first-order valence-corrected chi connectivity index (χ1v) is 14.7. The van der Waals surface area contributed by atoms with Crippen LogP contribution in [0.15, 0.2) is 43.0 Å². The Labute approximate surface area is 235 Å². The van der Waals surface area contributed by atoms with Gasteiger partial charge in [0.05, 0.1) is 18.6 Å². The largest absolute Gasteiger partial charge is 0.490 e. The van der Waals surface area contributed by atoms with Crippen LogP contribution in [0.25, 0.3) is 0 Å². The quantitative estimate of drug-likeness (QED) is 0.130. The third kappa shape index (κ3) is 7.28. The Hall–Kier alpha value is -2.80. The summed E-state index contributed by atoms with van der Waals surface area (Å²) in [6, 6.07) is 7.51. The van der Waals surface area contributed by atoms with Gasteiger partial charge in [0, 0.05) is 6.07 Å². The molecule has 0 aliphatic heterocycles. The molecule has 1 atom stereocenters. The fourth-order valence-electron chi connectivity index (χ4n) is 6.31. The highest BCUT2D eigenvalue weighted by atomic mass is 19.2. The number of carbonyl (C=O) groups is 1. The second-order valence-corrected chi connectivity index (χ2v) is 11.3. The van der Waals surface area contributed by atoms with Crippen molar-refractivity contribution in [2.75, 3.05) is 6.61 Å². The second kappa shape index (κ2) is 14.2. The zero-order valence-electron chi connectivity index (χ0n) is 23.3. The summed E-state index contributed by atoms with van der Waals surface area (Å²) in [5.41, 5.74) is 0.806. The third-order valence-electron chi connectivity index (χ3n) is 8.68. The molecule has 2 aromatic rings. The number of halogens is 3. The SMILES string of the molecule is C=CCCOc1ccc(OC(=O)C2CCC(c3ccc(C4CCC(C(O)CCC)CC4)c(F)c3F)CC2)cc1F. The molecule has 2 aliphatic carbocycles. The molecule has 0 spiro atoms. The Morgan fingerprint density at radius 1 is 0.975 bits per heavy atom. The van der Waals surface area contributed by atoms with Gasteiger partial charge in [-0.25, -0.2) is 13.2 Å². The first-order chi connectivity index (χ1) is 19.3. The standard InChI is InChI=1S/C33H41F3O4/c1-3-5-19-39-30-18-15-25(20-28(30)34)40-33(38)24-13-9-22(10-14-24)27-17-16-26(31(35)32(27)36)21-7-11-23(12-8-21)29(37)6-4-2/h3,15-18,20-24,29,37H,1,4-14,19H2,2H3. The van der Waals surface area contributed by atoms with Gasteiger partial charge in [0.2, 0.25) is 0 Å². The minimum absolute atomic E-state index is 0.0308. The average Bonchev–Trinajstić information content (AvgIpc) is 2.96. The highest BCUT2D eigenvalue weighted by molar-refractivity contribution is 5.75. The number of esters is 1. The maximum atomic E-state index is 15.3. The zero-order valence-corrected chi connectivity index (χ0v) is 23.3. The Morgan fingerprint density at radius 3 is 2.12 bits per heavy atom. The van der Waals surface area contributed by atoms with E-state index < -0.39 is 23.4 Å². The molecule has 4 rings (SSSR count). The van der Waals surface area contributed by atoms with Crippen molar-refractivity contribution in [3.8, 4) is 11.5 Å². The number of ether oxygens (including phenoxy) is 2. The lowest BCUT2D eigenvalue weighted by atomic mass is 9.74. The number of benzene rings is 2. The molecule has 0 radical (unpaired) electrons. The normalized spacial score (nSPS) is 23.8. The second-order valence-electron chi connectivity index (χ2n) is 11.3. The lowest BCUT2D eigenvalue weighted by Gasteiger charge is -2.32. The molecule has 4 nitrogen and oxygen atoms in total. The Kier molecular flexibility index (Phi) is 10.7. The van der Waals surface area contributed by atoms with Crippen molar-refractivity contribution in [1.29, 1.82) is 0 Å². The molecule has 2 saturated carbocycles. The van der Waals surface area contributed by atoms with E-state index in [0.717, 1.165) is 44.6 Å². The molecule has 0 saturated heterocycles. The molecule has 2 fully saturated rings. The highest BCUT2D eigenvalue weighted by Crippen LogP contribution is 2.42. The van der Waals surface area contributed by atoms with Crippen molar-refractivity contribution >= 4 is 5.97 Å². The summed E-state index contributed by atoms with van der Waals surface area (Å²) in [4.78, 5) is 12.7. The van der Waals surface area contributed by atoms with E-state index in [2.05, 4.69) is 13.5 Å². The van der Waals surface area contributed by atoms with Crippen molar-refractivity contribution in [2.24, 2.45) is 11.8 Å². The number of aliphatic hydroxyl groups excluding tert-OH is 1. The van der Waals surface area contributed by atoms with Crippen molar-refractivity contribution in [3.05, 3.63) is 71.6 Å². The van der Waals surface area contributed by atoms with Crippen LogP contribution in [0.4, 0.5) is 13.2 Å². The number of hydrogen-bond donors (Lipinski definition) is 1. The predicted molar refractivity (Wildman–Crippen MR) is 149 cm³/mol. The van der Waals surface area contributed by atoms with Gasteiger partial charge in [0.15, 0.2) is 23.2 Å². The van der Waals surface area contributed by atoms with E-state index in [1.807, 2.05) is 0 Å². The molecule has 218 valence electrons. The molecule has 0 bridgehead atoms. The molecule has 1 unspecified atom stereocenters. The molecule has 2 aromatic carbocycles. The molecule has 40 heavy (non-hydrogen) atoms. The highest BCUT2D eigenvalue weighted by Gasteiger charge is 2.33.